The number of imidazole rings is 1. The molecule has 33 heavy (non-hydrogen) atoms. The smallest absolute Gasteiger partial charge is 0.126 e. The number of nitrogens with one attached hydrogen (secondary N) is 1. The summed E-state index contributed by atoms with van der Waals surface area (Å²) >= 11 is 0. The molecule has 0 aliphatic carbocycles. The second kappa shape index (κ2) is 9.43. The molecule has 1 aliphatic rings. The van der Waals surface area contributed by atoms with E-state index in [1.54, 1.807) is 6.07 Å². The lowest BCUT2D eigenvalue weighted by atomic mass is 9.72. The van der Waals surface area contributed by atoms with Crippen molar-refractivity contribution in [3.63, 3.8) is 0 Å². The molecule has 0 bridgehead atoms. The van der Waals surface area contributed by atoms with Gasteiger partial charge in [0.05, 0.1) is 11.0 Å². The molecule has 3 aromatic rings. The van der Waals surface area contributed by atoms with Crippen LogP contribution in [0.2, 0.25) is 0 Å². The lowest BCUT2D eigenvalue weighted by Crippen LogP contribution is -2.49. The number of aromatic amines is 1. The number of ether oxygens (including phenoxy) is 1. The second-order valence-electron chi connectivity index (χ2n) is 10.1. The van der Waals surface area contributed by atoms with Gasteiger partial charge in [-0.05, 0) is 63.4 Å². The Balaban J connectivity index is 1.34. The monoisotopic (exact) mass is 453 g/mol. The zero-order valence-corrected chi connectivity index (χ0v) is 20.4. The number of rotatable bonds is 8. The summed E-state index contributed by atoms with van der Waals surface area (Å²) in [6.45, 7) is 10.3. The molecule has 2 unspecified atom stereocenters. The van der Waals surface area contributed by atoms with Crippen molar-refractivity contribution in [1.29, 1.82) is 0 Å². The van der Waals surface area contributed by atoms with Gasteiger partial charge in [0.25, 0.3) is 0 Å². The summed E-state index contributed by atoms with van der Waals surface area (Å²) in [7, 11) is 2.09. The molecule has 0 amide bonds. The van der Waals surface area contributed by atoms with Crippen molar-refractivity contribution >= 4 is 11.0 Å². The van der Waals surface area contributed by atoms with Gasteiger partial charge in [0.2, 0.25) is 0 Å². The van der Waals surface area contributed by atoms with E-state index < -0.39 is 5.60 Å². The molecule has 1 aromatic heterocycles. The van der Waals surface area contributed by atoms with E-state index in [9.17, 15) is 9.50 Å². The van der Waals surface area contributed by atoms with Crippen molar-refractivity contribution in [3.8, 4) is 5.75 Å². The third-order valence-electron chi connectivity index (χ3n) is 7.02. The van der Waals surface area contributed by atoms with Gasteiger partial charge >= 0.3 is 0 Å². The lowest BCUT2D eigenvalue weighted by molar-refractivity contribution is -0.0640. The van der Waals surface area contributed by atoms with Gasteiger partial charge in [0, 0.05) is 30.5 Å². The summed E-state index contributed by atoms with van der Waals surface area (Å²) < 4.78 is 19.5. The Morgan fingerprint density at radius 3 is 2.70 bits per heavy atom. The van der Waals surface area contributed by atoms with Gasteiger partial charge in [-0.15, -0.1) is 0 Å². The summed E-state index contributed by atoms with van der Waals surface area (Å²) in [5.41, 5.74) is 4.55. The van der Waals surface area contributed by atoms with Crippen LogP contribution >= 0.6 is 0 Å². The fraction of sp³-hybridized carbons (Fsp3) is 0.519. The van der Waals surface area contributed by atoms with Crippen molar-refractivity contribution < 1.29 is 14.2 Å². The molecule has 4 rings (SSSR count). The first kappa shape index (κ1) is 23.7. The number of hydrogen-bond acceptors (Lipinski definition) is 4. The highest BCUT2D eigenvalue weighted by Gasteiger charge is 2.44. The Morgan fingerprint density at radius 2 is 1.97 bits per heavy atom. The van der Waals surface area contributed by atoms with Crippen molar-refractivity contribution in [1.82, 2.24) is 14.9 Å². The molecule has 5 nitrogen and oxygen atoms in total. The third kappa shape index (κ3) is 4.92. The molecule has 2 N–H and O–H groups in total. The van der Waals surface area contributed by atoms with Crippen molar-refractivity contribution in [2.75, 3.05) is 26.7 Å². The summed E-state index contributed by atoms with van der Waals surface area (Å²) in [5.74, 6) is 1.41. The molecule has 2 heterocycles. The molecule has 0 spiro atoms. The van der Waals surface area contributed by atoms with Crippen LogP contribution in [-0.4, -0.2) is 52.3 Å². The number of aromatic nitrogens is 2. The first-order valence-electron chi connectivity index (χ1n) is 12.0. The molecular formula is C27H36FN3O2. The van der Waals surface area contributed by atoms with Crippen molar-refractivity contribution in [2.45, 2.75) is 58.5 Å². The zero-order valence-electron chi connectivity index (χ0n) is 20.4. The maximum atomic E-state index is 13.7. The molecule has 0 saturated heterocycles. The van der Waals surface area contributed by atoms with Gasteiger partial charge in [-0.1, -0.05) is 32.0 Å². The number of halogens is 1. The minimum atomic E-state index is -0.971. The minimum absolute atomic E-state index is 0.0859. The fourth-order valence-electron chi connectivity index (χ4n) is 5.22. The van der Waals surface area contributed by atoms with Gasteiger partial charge in [-0.2, -0.15) is 0 Å². The predicted octanol–water partition coefficient (Wildman–Crippen LogP) is 5.14. The van der Waals surface area contributed by atoms with Crippen molar-refractivity contribution in [3.05, 3.63) is 58.7 Å². The molecule has 0 fully saturated rings. The van der Waals surface area contributed by atoms with Gasteiger partial charge in [0.15, 0.2) is 0 Å². The maximum Gasteiger partial charge on any atom is 0.126 e. The van der Waals surface area contributed by atoms with Gasteiger partial charge in [-0.3, -0.25) is 0 Å². The van der Waals surface area contributed by atoms with Crippen LogP contribution in [0.25, 0.3) is 11.0 Å². The van der Waals surface area contributed by atoms with Crippen LogP contribution in [0.4, 0.5) is 4.39 Å². The average molecular weight is 454 g/mol. The van der Waals surface area contributed by atoms with Crippen LogP contribution in [0.1, 0.15) is 55.1 Å². The standard InChI is InChI=1S/C27H36FN3O2/c1-17(2)24-21-11-10-20(28)15-22(21)33-16-27(24,32)12-14-31(5)13-6-7-23-29-25-18(3)8-9-19(4)26(25)30-23/h8-11,15,17,24,32H,6-7,12-14,16H2,1-5H3,(H,29,30). The zero-order chi connectivity index (χ0) is 23.8. The first-order chi connectivity index (χ1) is 15.7. The summed E-state index contributed by atoms with van der Waals surface area (Å²) in [4.78, 5) is 10.5. The molecule has 2 aromatic carbocycles. The van der Waals surface area contributed by atoms with E-state index in [-0.39, 0.29) is 24.3 Å². The van der Waals surface area contributed by atoms with Gasteiger partial charge in [-0.25, -0.2) is 9.37 Å². The van der Waals surface area contributed by atoms with E-state index >= 15 is 0 Å². The number of H-pyrrole nitrogens is 1. The Hall–Kier alpha value is -2.44. The number of aliphatic hydroxyl groups is 1. The second-order valence-corrected chi connectivity index (χ2v) is 10.1. The highest BCUT2D eigenvalue weighted by atomic mass is 19.1. The summed E-state index contributed by atoms with van der Waals surface area (Å²) in [6, 6.07) is 8.90. The molecule has 1 aliphatic heterocycles. The number of hydrogen-bond donors (Lipinski definition) is 2. The molecule has 0 saturated carbocycles. The number of nitrogens with zero attached hydrogens (tertiary/aromatic N) is 2. The Kier molecular flexibility index (Phi) is 6.78. The number of fused-ring (bicyclic) bond motifs is 2. The molecule has 6 heteroatoms. The molecule has 178 valence electrons. The topological polar surface area (TPSA) is 61.4 Å². The van der Waals surface area contributed by atoms with E-state index in [1.807, 2.05) is 0 Å². The summed E-state index contributed by atoms with van der Waals surface area (Å²) in [6.07, 6.45) is 2.48. The average Bonchev–Trinajstić information content (AvgIpc) is 3.20. The predicted molar refractivity (Wildman–Crippen MR) is 130 cm³/mol. The van der Waals surface area contributed by atoms with Gasteiger partial charge in [0.1, 0.15) is 29.6 Å². The fourth-order valence-corrected chi connectivity index (χ4v) is 5.22. The van der Waals surface area contributed by atoms with E-state index in [1.165, 1.54) is 23.3 Å². The highest BCUT2D eigenvalue weighted by molar-refractivity contribution is 5.81. The van der Waals surface area contributed by atoms with Crippen LogP contribution in [-0.2, 0) is 6.42 Å². The molecule has 0 radical (unpaired) electrons. The van der Waals surface area contributed by atoms with E-state index in [0.29, 0.717) is 12.2 Å². The largest absolute Gasteiger partial charge is 0.490 e. The maximum absolute atomic E-state index is 13.7. The number of benzene rings is 2. The minimum Gasteiger partial charge on any atom is -0.490 e. The Morgan fingerprint density at radius 1 is 1.21 bits per heavy atom. The van der Waals surface area contributed by atoms with Crippen LogP contribution in [0.15, 0.2) is 30.3 Å². The van der Waals surface area contributed by atoms with Crippen LogP contribution < -0.4 is 4.74 Å². The van der Waals surface area contributed by atoms with E-state index in [4.69, 9.17) is 9.72 Å². The SMILES string of the molecule is Cc1ccc(C)c2[nH]c(CCCN(C)CCC3(O)COc4cc(F)ccc4C3C(C)C)nc12. The lowest BCUT2D eigenvalue weighted by Gasteiger charge is -2.43. The van der Waals surface area contributed by atoms with Crippen LogP contribution in [0.3, 0.4) is 0 Å². The molecule has 2 atom stereocenters. The normalized spacial score (nSPS) is 20.5. The van der Waals surface area contributed by atoms with Crippen LogP contribution in [0.5, 0.6) is 5.75 Å². The quantitative estimate of drug-likeness (QED) is 0.496. The highest BCUT2D eigenvalue weighted by Crippen LogP contribution is 2.45. The number of aryl methyl sites for hydroxylation is 3. The third-order valence-corrected chi connectivity index (χ3v) is 7.02. The Bertz CT molecular complexity index is 1090. The van der Waals surface area contributed by atoms with E-state index in [2.05, 4.69) is 56.8 Å². The first-order valence-corrected chi connectivity index (χ1v) is 12.0. The van der Waals surface area contributed by atoms with Crippen LogP contribution in [0, 0.1) is 25.6 Å². The summed E-state index contributed by atoms with van der Waals surface area (Å²) in [5, 5.41) is 11.5. The van der Waals surface area contributed by atoms with Crippen molar-refractivity contribution in [2.24, 2.45) is 5.92 Å². The Labute approximate surface area is 196 Å². The molecular weight excluding hydrogens is 417 g/mol. The van der Waals surface area contributed by atoms with E-state index in [0.717, 1.165) is 48.4 Å². The van der Waals surface area contributed by atoms with Gasteiger partial charge < -0.3 is 19.7 Å².